The minimum absolute atomic E-state index is 0.00765. The van der Waals surface area contributed by atoms with Crippen molar-refractivity contribution in [1.29, 1.82) is 0 Å². The third-order valence-corrected chi connectivity index (χ3v) is 3.74. The number of nitrogens with one attached hydrogen (secondary N) is 1. The second-order valence-corrected chi connectivity index (χ2v) is 5.39. The number of amides is 2. The predicted octanol–water partition coefficient (Wildman–Crippen LogP) is 2.64. The Labute approximate surface area is 124 Å². The smallest absolute Gasteiger partial charge is 0.322 e. The second kappa shape index (κ2) is 7.06. The number of carboxylic acid groups (broad SMARTS) is 1. The molecule has 1 saturated heterocycles. The average Bonchev–Trinajstić information content (AvgIpc) is 2.47. The standard InChI is InChI=1S/C15H21N3O3/c1-11-5-6-12(10-16-11)17-15(21)18-9-3-2-4-13(18)7-8-14(19)20/h5-6,10,13H,2-4,7-9H2,1H3,(H,17,21)(H,19,20). The first-order chi connectivity index (χ1) is 10.1. The fourth-order valence-corrected chi connectivity index (χ4v) is 2.60. The van der Waals surface area contributed by atoms with E-state index in [1.807, 2.05) is 19.1 Å². The summed E-state index contributed by atoms with van der Waals surface area (Å²) in [4.78, 5) is 29.0. The van der Waals surface area contributed by atoms with Crippen molar-refractivity contribution >= 4 is 17.7 Å². The van der Waals surface area contributed by atoms with E-state index < -0.39 is 5.97 Å². The van der Waals surface area contributed by atoms with Crippen molar-refractivity contribution in [3.05, 3.63) is 24.0 Å². The molecule has 1 aromatic rings. The molecule has 0 bridgehead atoms. The van der Waals surface area contributed by atoms with Crippen molar-refractivity contribution in [1.82, 2.24) is 9.88 Å². The summed E-state index contributed by atoms with van der Waals surface area (Å²) >= 11 is 0. The van der Waals surface area contributed by atoms with E-state index in [1.165, 1.54) is 0 Å². The van der Waals surface area contributed by atoms with Crippen LogP contribution in [0.15, 0.2) is 18.3 Å². The first kappa shape index (κ1) is 15.3. The van der Waals surface area contributed by atoms with Gasteiger partial charge in [0.05, 0.1) is 11.9 Å². The fourth-order valence-electron chi connectivity index (χ4n) is 2.60. The van der Waals surface area contributed by atoms with Gasteiger partial charge in [0.25, 0.3) is 0 Å². The average molecular weight is 291 g/mol. The number of pyridine rings is 1. The molecule has 0 aliphatic carbocycles. The van der Waals surface area contributed by atoms with E-state index in [2.05, 4.69) is 10.3 Å². The summed E-state index contributed by atoms with van der Waals surface area (Å²) in [5, 5.41) is 11.6. The Hall–Kier alpha value is -2.11. The minimum Gasteiger partial charge on any atom is -0.481 e. The maximum atomic E-state index is 12.3. The zero-order valence-electron chi connectivity index (χ0n) is 12.2. The van der Waals surface area contributed by atoms with Crippen molar-refractivity contribution < 1.29 is 14.7 Å². The van der Waals surface area contributed by atoms with Gasteiger partial charge >= 0.3 is 12.0 Å². The Kier molecular flexibility index (Phi) is 5.14. The zero-order chi connectivity index (χ0) is 15.2. The maximum Gasteiger partial charge on any atom is 0.322 e. The summed E-state index contributed by atoms with van der Waals surface area (Å²) in [5.74, 6) is -0.816. The summed E-state index contributed by atoms with van der Waals surface area (Å²) in [5.41, 5.74) is 1.55. The Balaban J connectivity index is 1.97. The predicted molar refractivity (Wildman–Crippen MR) is 79.2 cm³/mol. The van der Waals surface area contributed by atoms with Crippen molar-refractivity contribution in [2.45, 2.75) is 45.1 Å². The third kappa shape index (κ3) is 4.44. The molecular formula is C15H21N3O3. The molecule has 0 aromatic carbocycles. The van der Waals surface area contributed by atoms with E-state index in [4.69, 9.17) is 5.11 Å². The fraction of sp³-hybridized carbons (Fsp3) is 0.533. The highest BCUT2D eigenvalue weighted by molar-refractivity contribution is 5.89. The van der Waals surface area contributed by atoms with Crippen LogP contribution in [-0.4, -0.2) is 39.6 Å². The van der Waals surface area contributed by atoms with Gasteiger partial charge in [0.1, 0.15) is 0 Å². The van der Waals surface area contributed by atoms with Crippen LogP contribution in [0.1, 0.15) is 37.8 Å². The van der Waals surface area contributed by atoms with Crippen molar-refractivity contribution in [2.75, 3.05) is 11.9 Å². The number of nitrogens with zero attached hydrogens (tertiary/aromatic N) is 2. The molecule has 2 heterocycles. The number of aromatic nitrogens is 1. The maximum absolute atomic E-state index is 12.3. The summed E-state index contributed by atoms with van der Waals surface area (Å²) in [7, 11) is 0. The number of aliphatic carboxylic acids is 1. The number of piperidine rings is 1. The van der Waals surface area contributed by atoms with Crippen molar-refractivity contribution in [3.63, 3.8) is 0 Å². The molecule has 2 N–H and O–H groups in total. The van der Waals surface area contributed by atoms with Crippen LogP contribution >= 0.6 is 0 Å². The van der Waals surface area contributed by atoms with Crippen LogP contribution in [0.4, 0.5) is 10.5 Å². The molecule has 21 heavy (non-hydrogen) atoms. The van der Waals surface area contributed by atoms with Gasteiger partial charge in [-0.3, -0.25) is 9.78 Å². The van der Waals surface area contributed by atoms with Crippen LogP contribution in [0.2, 0.25) is 0 Å². The van der Waals surface area contributed by atoms with Gasteiger partial charge in [-0.2, -0.15) is 0 Å². The lowest BCUT2D eigenvalue weighted by Gasteiger charge is -2.35. The van der Waals surface area contributed by atoms with Gasteiger partial charge in [-0.25, -0.2) is 4.79 Å². The Morgan fingerprint density at radius 1 is 1.43 bits per heavy atom. The molecule has 1 unspecified atom stereocenters. The minimum atomic E-state index is -0.816. The van der Waals surface area contributed by atoms with Crippen LogP contribution in [0.25, 0.3) is 0 Å². The first-order valence-corrected chi connectivity index (χ1v) is 7.28. The first-order valence-electron chi connectivity index (χ1n) is 7.28. The lowest BCUT2D eigenvalue weighted by atomic mass is 9.98. The highest BCUT2D eigenvalue weighted by atomic mass is 16.4. The van der Waals surface area contributed by atoms with Crippen molar-refractivity contribution in [3.8, 4) is 0 Å². The summed E-state index contributed by atoms with van der Waals surface area (Å²) < 4.78 is 0. The Morgan fingerprint density at radius 2 is 2.24 bits per heavy atom. The summed E-state index contributed by atoms with van der Waals surface area (Å²) in [6.07, 6.45) is 5.11. The van der Waals surface area contributed by atoms with Crippen LogP contribution in [-0.2, 0) is 4.79 Å². The van der Waals surface area contributed by atoms with E-state index in [1.54, 1.807) is 11.1 Å². The number of hydrogen-bond donors (Lipinski definition) is 2. The summed E-state index contributed by atoms with van der Waals surface area (Å²) in [6, 6.07) is 3.49. The SMILES string of the molecule is Cc1ccc(NC(=O)N2CCCCC2CCC(=O)O)cn1. The molecule has 1 aliphatic rings. The summed E-state index contributed by atoms with van der Waals surface area (Å²) in [6.45, 7) is 2.56. The van der Waals surface area contributed by atoms with E-state index in [-0.39, 0.29) is 18.5 Å². The number of urea groups is 1. The van der Waals surface area contributed by atoms with Crippen molar-refractivity contribution in [2.24, 2.45) is 0 Å². The lowest BCUT2D eigenvalue weighted by Crippen LogP contribution is -2.46. The number of carbonyl (C=O) groups excluding carboxylic acids is 1. The topological polar surface area (TPSA) is 82.5 Å². The molecule has 2 amide bonds. The van der Waals surface area contributed by atoms with E-state index in [9.17, 15) is 9.59 Å². The van der Waals surface area contributed by atoms with Gasteiger partial charge in [0, 0.05) is 24.7 Å². The molecule has 0 spiro atoms. The molecular weight excluding hydrogens is 270 g/mol. The van der Waals surface area contributed by atoms with Crippen LogP contribution in [0, 0.1) is 6.92 Å². The highest BCUT2D eigenvalue weighted by Crippen LogP contribution is 2.22. The molecule has 0 saturated carbocycles. The molecule has 1 fully saturated rings. The van der Waals surface area contributed by atoms with Gasteiger partial charge in [-0.1, -0.05) is 0 Å². The largest absolute Gasteiger partial charge is 0.481 e. The van der Waals surface area contributed by atoms with E-state index >= 15 is 0 Å². The Morgan fingerprint density at radius 3 is 2.90 bits per heavy atom. The van der Waals surface area contributed by atoms with Gasteiger partial charge in [-0.05, 0) is 44.7 Å². The monoisotopic (exact) mass is 291 g/mol. The number of hydrogen-bond acceptors (Lipinski definition) is 3. The van der Waals surface area contributed by atoms with Crippen LogP contribution in [0.3, 0.4) is 0 Å². The third-order valence-electron chi connectivity index (χ3n) is 3.74. The van der Waals surface area contributed by atoms with Gasteiger partial charge in [-0.15, -0.1) is 0 Å². The Bertz CT molecular complexity index is 501. The number of carboxylic acids is 1. The quantitative estimate of drug-likeness (QED) is 0.893. The van der Waals surface area contributed by atoms with Gasteiger partial charge in [0.15, 0.2) is 0 Å². The second-order valence-electron chi connectivity index (χ2n) is 5.39. The van der Waals surface area contributed by atoms with Crippen LogP contribution < -0.4 is 5.32 Å². The molecule has 1 aromatic heterocycles. The number of anilines is 1. The van der Waals surface area contributed by atoms with Gasteiger partial charge in [0.2, 0.25) is 0 Å². The van der Waals surface area contributed by atoms with Crippen LogP contribution in [0.5, 0.6) is 0 Å². The molecule has 6 heteroatoms. The van der Waals surface area contributed by atoms with E-state index in [0.717, 1.165) is 25.0 Å². The molecule has 2 rings (SSSR count). The molecule has 1 atom stereocenters. The molecule has 0 radical (unpaired) electrons. The van der Waals surface area contributed by atoms with E-state index in [0.29, 0.717) is 18.7 Å². The lowest BCUT2D eigenvalue weighted by molar-refractivity contribution is -0.137. The van der Waals surface area contributed by atoms with Gasteiger partial charge < -0.3 is 15.3 Å². The number of carbonyl (C=O) groups is 2. The molecule has 114 valence electrons. The normalized spacial score (nSPS) is 18.3. The molecule has 6 nitrogen and oxygen atoms in total. The molecule has 1 aliphatic heterocycles. The zero-order valence-corrected chi connectivity index (χ0v) is 12.2. The number of rotatable bonds is 4. The number of aryl methyl sites for hydroxylation is 1. The number of likely N-dealkylation sites (tertiary alicyclic amines) is 1. The highest BCUT2D eigenvalue weighted by Gasteiger charge is 2.27.